The van der Waals surface area contributed by atoms with Crippen LogP contribution in [-0.4, -0.2) is 31.2 Å². The summed E-state index contributed by atoms with van der Waals surface area (Å²) in [5.74, 6) is 1.05. The minimum atomic E-state index is -0.428. The van der Waals surface area contributed by atoms with Crippen LogP contribution in [0.2, 0.25) is 0 Å². The van der Waals surface area contributed by atoms with Crippen LogP contribution in [0.5, 0.6) is 0 Å². The second-order valence-corrected chi connectivity index (χ2v) is 5.44. The first-order chi connectivity index (χ1) is 7.19. The predicted molar refractivity (Wildman–Crippen MR) is 52.3 cm³/mol. The van der Waals surface area contributed by atoms with E-state index in [-0.39, 0.29) is 5.41 Å². The first-order valence-electron chi connectivity index (χ1n) is 5.65. The van der Waals surface area contributed by atoms with E-state index in [0.29, 0.717) is 30.8 Å². The number of hydrogen-bond donors (Lipinski definition) is 0. The lowest BCUT2D eigenvalue weighted by atomic mass is 9.53. The summed E-state index contributed by atoms with van der Waals surface area (Å²) in [6.07, 6.45) is 3.25. The maximum Gasteiger partial charge on any atom is 0.180 e. The number of epoxide rings is 1. The summed E-state index contributed by atoms with van der Waals surface area (Å²) in [7, 11) is 0. The average molecular weight is 206 g/mol. The van der Waals surface area contributed by atoms with Gasteiger partial charge in [0.2, 0.25) is 0 Å². The molecular formula is C12H14O3. The van der Waals surface area contributed by atoms with E-state index in [1.165, 1.54) is 5.57 Å². The van der Waals surface area contributed by atoms with Crippen LogP contribution in [0.3, 0.4) is 0 Å². The average Bonchev–Trinajstić information content (AvgIpc) is 2.88. The summed E-state index contributed by atoms with van der Waals surface area (Å²) in [4.78, 5) is 12.5. The van der Waals surface area contributed by atoms with Crippen LogP contribution in [0, 0.1) is 17.3 Å². The third-order valence-electron chi connectivity index (χ3n) is 4.77. The van der Waals surface area contributed by atoms with Crippen LogP contribution < -0.4 is 0 Å². The molecule has 0 aromatic heterocycles. The summed E-state index contributed by atoms with van der Waals surface area (Å²) < 4.78 is 11.0. The van der Waals surface area contributed by atoms with Crippen LogP contribution >= 0.6 is 0 Å². The molecule has 0 aromatic rings. The molecule has 2 bridgehead atoms. The van der Waals surface area contributed by atoms with Gasteiger partial charge < -0.3 is 9.47 Å². The van der Waals surface area contributed by atoms with Crippen molar-refractivity contribution in [1.82, 2.24) is 0 Å². The summed E-state index contributed by atoms with van der Waals surface area (Å²) >= 11 is 0. The first-order valence-corrected chi connectivity index (χ1v) is 5.65. The first kappa shape index (κ1) is 8.48. The zero-order chi connectivity index (χ0) is 10.3. The van der Waals surface area contributed by atoms with Crippen molar-refractivity contribution in [2.75, 3.05) is 19.8 Å². The Morgan fingerprint density at radius 2 is 2.27 bits per heavy atom. The van der Waals surface area contributed by atoms with Gasteiger partial charge in [-0.2, -0.15) is 0 Å². The largest absolute Gasteiger partial charge is 0.380 e. The molecule has 80 valence electrons. The molecule has 2 heterocycles. The number of carbonyl (C=O) groups excluding carboxylic acids is 1. The molecule has 1 unspecified atom stereocenters. The second kappa shape index (κ2) is 2.20. The van der Waals surface area contributed by atoms with Crippen LogP contribution in [-0.2, 0) is 14.3 Å². The van der Waals surface area contributed by atoms with Crippen LogP contribution in [0.25, 0.3) is 0 Å². The minimum absolute atomic E-state index is 0.305. The summed E-state index contributed by atoms with van der Waals surface area (Å²) in [6.45, 7) is 4.10. The van der Waals surface area contributed by atoms with Crippen LogP contribution in [0.1, 0.15) is 13.3 Å². The smallest absolute Gasteiger partial charge is 0.180 e. The molecule has 2 aliphatic heterocycles. The van der Waals surface area contributed by atoms with Gasteiger partial charge in [0, 0.05) is 11.8 Å². The lowest BCUT2D eigenvalue weighted by Gasteiger charge is -2.47. The number of ketones is 1. The monoisotopic (exact) mass is 206 g/mol. The normalized spacial score (nSPS) is 55.8. The van der Waals surface area contributed by atoms with Gasteiger partial charge in [-0.25, -0.2) is 0 Å². The van der Waals surface area contributed by atoms with E-state index in [2.05, 4.69) is 13.0 Å². The van der Waals surface area contributed by atoms with Crippen molar-refractivity contribution in [3.63, 3.8) is 0 Å². The molecule has 5 rings (SSSR count). The lowest BCUT2D eigenvalue weighted by Crippen LogP contribution is -2.57. The van der Waals surface area contributed by atoms with E-state index in [1.54, 1.807) is 0 Å². The van der Waals surface area contributed by atoms with Crippen molar-refractivity contribution in [3.8, 4) is 0 Å². The van der Waals surface area contributed by atoms with E-state index in [0.717, 1.165) is 13.0 Å². The highest BCUT2D eigenvalue weighted by Crippen LogP contribution is 2.61. The Morgan fingerprint density at radius 1 is 1.47 bits per heavy atom. The maximum atomic E-state index is 12.5. The van der Waals surface area contributed by atoms with Gasteiger partial charge in [0.05, 0.1) is 25.2 Å². The van der Waals surface area contributed by atoms with Gasteiger partial charge in [0.15, 0.2) is 11.4 Å². The molecule has 2 spiro atoms. The fraction of sp³-hybridized carbons (Fsp3) is 0.750. The Labute approximate surface area is 88.4 Å². The highest BCUT2D eigenvalue weighted by Gasteiger charge is 2.72. The molecule has 3 nitrogen and oxygen atoms in total. The molecule has 0 amide bonds. The van der Waals surface area contributed by atoms with E-state index in [1.807, 2.05) is 0 Å². The molecule has 1 saturated carbocycles. The van der Waals surface area contributed by atoms with Crippen LogP contribution in [0.4, 0.5) is 0 Å². The van der Waals surface area contributed by atoms with Gasteiger partial charge in [-0.3, -0.25) is 4.79 Å². The number of Topliss-reactive ketones (excluding diaryl/α,β-unsaturated/α-hetero) is 1. The molecular weight excluding hydrogens is 192 g/mol. The van der Waals surface area contributed by atoms with Gasteiger partial charge in [0.25, 0.3) is 0 Å². The molecule has 3 aliphatic carbocycles. The molecule has 15 heavy (non-hydrogen) atoms. The van der Waals surface area contributed by atoms with E-state index < -0.39 is 5.60 Å². The predicted octanol–water partition coefficient (Wildman–Crippen LogP) is 0.937. The third kappa shape index (κ3) is 0.733. The SMILES string of the molecule is CC1=C[C@@]23COC[C@H]2C[C@H]1C1(CO1)C3=O. The van der Waals surface area contributed by atoms with Gasteiger partial charge in [-0.1, -0.05) is 11.6 Å². The minimum Gasteiger partial charge on any atom is -0.380 e. The molecule has 0 aromatic carbocycles. The summed E-state index contributed by atoms with van der Waals surface area (Å²) in [5.41, 5.74) is 0.590. The second-order valence-electron chi connectivity index (χ2n) is 5.44. The fourth-order valence-corrected chi connectivity index (χ4v) is 3.89. The molecule has 4 atom stereocenters. The Hall–Kier alpha value is -0.670. The fourth-order valence-electron chi connectivity index (χ4n) is 3.89. The number of hydrogen-bond acceptors (Lipinski definition) is 3. The molecule has 0 radical (unpaired) electrons. The highest BCUT2D eigenvalue weighted by atomic mass is 16.6. The third-order valence-corrected chi connectivity index (χ3v) is 4.77. The van der Waals surface area contributed by atoms with Gasteiger partial charge >= 0.3 is 0 Å². The summed E-state index contributed by atoms with van der Waals surface area (Å²) in [5, 5.41) is 0. The highest BCUT2D eigenvalue weighted by molar-refractivity contribution is 6.00. The topological polar surface area (TPSA) is 38.8 Å². The van der Waals surface area contributed by atoms with Crippen molar-refractivity contribution >= 4 is 5.78 Å². The number of ether oxygens (including phenoxy) is 2. The van der Waals surface area contributed by atoms with Crippen molar-refractivity contribution in [2.24, 2.45) is 17.3 Å². The van der Waals surface area contributed by atoms with Crippen molar-refractivity contribution in [2.45, 2.75) is 18.9 Å². The van der Waals surface area contributed by atoms with E-state index in [4.69, 9.17) is 9.47 Å². The maximum absolute atomic E-state index is 12.5. The van der Waals surface area contributed by atoms with Crippen LogP contribution in [0.15, 0.2) is 11.6 Å². The van der Waals surface area contributed by atoms with Gasteiger partial charge in [-0.15, -0.1) is 0 Å². The zero-order valence-electron chi connectivity index (χ0n) is 8.79. The van der Waals surface area contributed by atoms with Gasteiger partial charge in [-0.05, 0) is 13.3 Å². The summed E-state index contributed by atoms with van der Waals surface area (Å²) in [6, 6.07) is 0. The quantitative estimate of drug-likeness (QED) is 0.437. The Morgan fingerprint density at radius 3 is 3.00 bits per heavy atom. The molecule has 0 N–H and O–H groups in total. The lowest BCUT2D eigenvalue weighted by molar-refractivity contribution is -0.140. The van der Waals surface area contributed by atoms with Crippen molar-refractivity contribution in [3.05, 3.63) is 11.6 Å². The Bertz CT molecular complexity index is 394. The molecule has 2 saturated heterocycles. The molecule has 3 fully saturated rings. The van der Waals surface area contributed by atoms with Crippen molar-refractivity contribution < 1.29 is 14.3 Å². The Kier molecular flexibility index (Phi) is 1.25. The standard InChI is InChI=1S/C12H14O3/c1-7-3-11-5-14-4-8(11)2-9(7)12(6-15-12)10(11)13/h3,8-9H,2,4-6H2,1H3/t8-,9-,11-,12?/m1/s1. The zero-order valence-corrected chi connectivity index (χ0v) is 8.79. The molecule has 5 aliphatic rings. The number of carbonyl (C=O) groups is 1. The molecule has 3 heteroatoms. The number of rotatable bonds is 0. The Balaban J connectivity index is 1.95. The van der Waals surface area contributed by atoms with E-state index >= 15 is 0 Å². The van der Waals surface area contributed by atoms with Crippen molar-refractivity contribution in [1.29, 1.82) is 0 Å². The van der Waals surface area contributed by atoms with Gasteiger partial charge in [0.1, 0.15) is 0 Å². The van der Waals surface area contributed by atoms with E-state index in [9.17, 15) is 4.79 Å².